The lowest BCUT2D eigenvalue weighted by atomic mass is 9.90. The molecule has 1 saturated heterocycles. The summed E-state index contributed by atoms with van der Waals surface area (Å²) in [6.45, 7) is 7.66. The summed E-state index contributed by atoms with van der Waals surface area (Å²) in [6, 6.07) is 15.4. The fourth-order valence-electron chi connectivity index (χ4n) is 4.28. The SMILES string of the molecule is CC1CCN(c2ncccc2C(=O)NS(=O)(=O)c2cccc(NCCc3ccc(Cl)cc3)n2)C1(C)C. The first-order valence-electron chi connectivity index (χ1n) is 11.8. The monoisotopic (exact) mass is 527 g/mol. The van der Waals surface area contributed by atoms with Gasteiger partial charge in [0.05, 0.1) is 5.56 Å². The molecule has 8 nitrogen and oxygen atoms in total. The van der Waals surface area contributed by atoms with Crippen molar-refractivity contribution in [3.05, 3.63) is 76.9 Å². The molecular weight excluding hydrogens is 498 g/mol. The van der Waals surface area contributed by atoms with Gasteiger partial charge in [0, 0.05) is 29.8 Å². The van der Waals surface area contributed by atoms with Gasteiger partial charge in [-0.2, -0.15) is 8.42 Å². The molecule has 0 radical (unpaired) electrons. The lowest BCUT2D eigenvalue weighted by molar-refractivity contribution is 0.0981. The smallest absolute Gasteiger partial charge is 0.281 e. The molecule has 0 bridgehead atoms. The summed E-state index contributed by atoms with van der Waals surface area (Å²) in [5.74, 6) is 0.536. The summed E-state index contributed by atoms with van der Waals surface area (Å²) < 4.78 is 28.2. The van der Waals surface area contributed by atoms with Gasteiger partial charge >= 0.3 is 0 Å². The molecule has 1 atom stereocenters. The van der Waals surface area contributed by atoms with Crippen molar-refractivity contribution in [3.63, 3.8) is 0 Å². The van der Waals surface area contributed by atoms with Crippen LogP contribution in [0.2, 0.25) is 5.02 Å². The number of pyridine rings is 2. The van der Waals surface area contributed by atoms with Crippen LogP contribution in [0.1, 0.15) is 43.1 Å². The summed E-state index contributed by atoms with van der Waals surface area (Å²) in [4.78, 5) is 23.8. The van der Waals surface area contributed by atoms with E-state index in [4.69, 9.17) is 11.6 Å². The van der Waals surface area contributed by atoms with E-state index in [-0.39, 0.29) is 16.1 Å². The first-order chi connectivity index (χ1) is 17.1. The van der Waals surface area contributed by atoms with E-state index in [1.807, 2.05) is 24.3 Å². The van der Waals surface area contributed by atoms with Gasteiger partial charge in [-0.3, -0.25) is 4.79 Å². The maximum Gasteiger partial charge on any atom is 0.281 e. The number of benzene rings is 1. The second-order valence-corrected chi connectivity index (χ2v) is 11.5. The van der Waals surface area contributed by atoms with Gasteiger partial charge < -0.3 is 10.2 Å². The zero-order valence-electron chi connectivity index (χ0n) is 20.5. The first-order valence-corrected chi connectivity index (χ1v) is 13.7. The Morgan fingerprint density at radius 3 is 2.58 bits per heavy atom. The molecule has 3 heterocycles. The van der Waals surface area contributed by atoms with E-state index in [1.165, 1.54) is 6.07 Å². The van der Waals surface area contributed by atoms with Gasteiger partial charge in [-0.25, -0.2) is 14.7 Å². The van der Waals surface area contributed by atoms with Crippen molar-refractivity contribution in [3.8, 4) is 0 Å². The Hall–Kier alpha value is -3.17. The van der Waals surface area contributed by atoms with E-state index >= 15 is 0 Å². The number of rotatable bonds is 8. The highest BCUT2D eigenvalue weighted by Gasteiger charge is 2.40. The molecule has 1 aliphatic rings. The van der Waals surface area contributed by atoms with Crippen molar-refractivity contribution >= 4 is 39.2 Å². The molecule has 36 heavy (non-hydrogen) atoms. The molecule has 190 valence electrons. The van der Waals surface area contributed by atoms with E-state index in [2.05, 4.69) is 45.7 Å². The molecule has 0 aliphatic carbocycles. The third-order valence-corrected chi connectivity index (χ3v) is 8.32. The number of amides is 1. The van der Waals surface area contributed by atoms with Crippen molar-refractivity contribution in [2.24, 2.45) is 5.92 Å². The number of hydrogen-bond acceptors (Lipinski definition) is 7. The fraction of sp³-hybridized carbons (Fsp3) is 0.346. The number of nitrogens with one attached hydrogen (secondary N) is 2. The number of carbonyl (C=O) groups is 1. The number of aromatic nitrogens is 2. The molecule has 3 aromatic rings. The molecule has 2 N–H and O–H groups in total. The quantitative estimate of drug-likeness (QED) is 0.443. The first kappa shape index (κ1) is 25.9. The predicted octanol–water partition coefficient (Wildman–Crippen LogP) is 4.53. The van der Waals surface area contributed by atoms with Gasteiger partial charge in [-0.05, 0) is 74.6 Å². The molecule has 1 unspecified atom stereocenters. The molecule has 1 aromatic carbocycles. The average molecular weight is 528 g/mol. The van der Waals surface area contributed by atoms with Gasteiger partial charge in [0.25, 0.3) is 15.9 Å². The number of nitrogens with zero attached hydrogens (tertiary/aromatic N) is 3. The van der Waals surface area contributed by atoms with Crippen LogP contribution in [-0.4, -0.2) is 42.9 Å². The highest BCUT2D eigenvalue weighted by Crippen LogP contribution is 2.38. The van der Waals surface area contributed by atoms with Gasteiger partial charge in [-0.1, -0.05) is 36.7 Å². The van der Waals surface area contributed by atoms with Crippen molar-refractivity contribution in [1.82, 2.24) is 14.7 Å². The second kappa shape index (κ2) is 10.4. The standard InChI is InChI=1S/C26H30ClN5O3S/c1-18-14-17-32(26(18,2)3)24-21(6-5-15-29-24)25(33)31-36(34,35)23-8-4-7-22(30-23)28-16-13-19-9-11-20(27)12-10-19/h4-12,15,18H,13-14,16-17H2,1-3H3,(H,28,30)(H,31,33). The highest BCUT2D eigenvalue weighted by molar-refractivity contribution is 7.90. The minimum absolute atomic E-state index is 0.209. The van der Waals surface area contributed by atoms with Crippen molar-refractivity contribution in [2.75, 3.05) is 23.3 Å². The zero-order chi connectivity index (χ0) is 25.9. The van der Waals surface area contributed by atoms with E-state index in [0.717, 1.165) is 18.5 Å². The van der Waals surface area contributed by atoms with Crippen LogP contribution >= 0.6 is 11.6 Å². The highest BCUT2D eigenvalue weighted by atomic mass is 35.5. The summed E-state index contributed by atoms with van der Waals surface area (Å²) >= 11 is 5.92. The number of hydrogen-bond donors (Lipinski definition) is 2. The van der Waals surface area contributed by atoms with Crippen LogP contribution in [0.15, 0.2) is 65.8 Å². The summed E-state index contributed by atoms with van der Waals surface area (Å²) in [5.41, 5.74) is 1.09. The Kier molecular flexibility index (Phi) is 7.51. The van der Waals surface area contributed by atoms with Crippen LogP contribution in [0, 0.1) is 5.92 Å². The van der Waals surface area contributed by atoms with Gasteiger partial charge in [0.2, 0.25) is 0 Å². The summed E-state index contributed by atoms with van der Waals surface area (Å²) in [5, 5.41) is 3.56. The van der Waals surface area contributed by atoms with Crippen LogP contribution in [0.25, 0.3) is 0 Å². The summed E-state index contributed by atoms with van der Waals surface area (Å²) in [7, 11) is -4.20. The third-order valence-electron chi connectivity index (χ3n) is 6.83. The third kappa shape index (κ3) is 5.63. The molecular formula is C26H30ClN5O3S. The van der Waals surface area contributed by atoms with Crippen LogP contribution in [-0.2, 0) is 16.4 Å². The lowest BCUT2D eigenvalue weighted by Crippen LogP contribution is -2.43. The topological polar surface area (TPSA) is 104 Å². The largest absolute Gasteiger partial charge is 0.370 e. The second-order valence-electron chi connectivity index (χ2n) is 9.47. The zero-order valence-corrected chi connectivity index (χ0v) is 22.1. The van der Waals surface area contributed by atoms with E-state index in [9.17, 15) is 13.2 Å². The number of anilines is 2. The maximum absolute atomic E-state index is 13.1. The Morgan fingerprint density at radius 2 is 1.89 bits per heavy atom. The van der Waals surface area contributed by atoms with E-state index in [1.54, 1.807) is 30.5 Å². The van der Waals surface area contributed by atoms with Gasteiger partial charge in [-0.15, -0.1) is 0 Å². The molecule has 1 fully saturated rings. The Balaban J connectivity index is 1.47. The fourth-order valence-corrected chi connectivity index (χ4v) is 5.34. The van der Waals surface area contributed by atoms with Gasteiger partial charge in [0.15, 0.2) is 5.03 Å². The molecule has 4 rings (SSSR count). The molecule has 2 aromatic heterocycles. The van der Waals surface area contributed by atoms with E-state index < -0.39 is 15.9 Å². The summed E-state index contributed by atoms with van der Waals surface area (Å²) in [6.07, 6.45) is 3.28. The maximum atomic E-state index is 13.1. The molecule has 10 heteroatoms. The van der Waals surface area contributed by atoms with Gasteiger partial charge in [0.1, 0.15) is 11.6 Å². The van der Waals surface area contributed by atoms with Crippen molar-refractivity contribution < 1.29 is 13.2 Å². The van der Waals surface area contributed by atoms with Crippen LogP contribution in [0.4, 0.5) is 11.6 Å². The minimum Gasteiger partial charge on any atom is -0.370 e. The molecule has 1 amide bonds. The molecule has 1 aliphatic heterocycles. The number of sulfonamides is 1. The van der Waals surface area contributed by atoms with Crippen LogP contribution in [0.5, 0.6) is 0 Å². The molecule has 0 spiro atoms. The normalized spacial score (nSPS) is 17.1. The average Bonchev–Trinajstić information content (AvgIpc) is 3.12. The van der Waals surface area contributed by atoms with Crippen molar-refractivity contribution in [2.45, 2.75) is 44.2 Å². The number of carbonyl (C=O) groups excluding carboxylic acids is 1. The minimum atomic E-state index is -4.20. The lowest BCUT2D eigenvalue weighted by Gasteiger charge is -2.36. The Bertz CT molecular complexity index is 1350. The van der Waals surface area contributed by atoms with Crippen LogP contribution < -0.4 is 14.9 Å². The van der Waals surface area contributed by atoms with Crippen LogP contribution in [0.3, 0.4) is 0 Å². The Labute approximate surface area is 217 Å². The van der Waals surface area contributed by atoms with Crippen molar-refractivity contribution in [1.29, 1.82) is 0 Å². The van der Waals surface area contributed by atoms with E-state index in [0.29, 0.717) is 35.5 Å². The number of halogens is 1. The Morgan fingerprint density at radius 1 is 1.14 bits per heavy atom. The molecule has 0 saturated carbocycles. The predicted molar refractivity (Wildman–Crippen MR) is 142 cm³/mol.